The first-order chi connectivity index (χ1) is 13.7. The third kappa shape index (κ3) is 3.09. The molecule has 29 heavy (non-hydrogen) atoms. The molecule has 2 heterocycles. The summed E-state index contributed by atoms with van der Waals surface area (Å²) in [6, 6.07) is 7.08. The second kappa shape index (κ2) is 6.22. The van der Waals surface area contributed by atoms with Gasteiger partial charge in [-0.2, -0.15) is 0 Å². The standard InChI is InChI=1S/C17H9F2N3O7/c18-17(19)28-11-5-4-8(6-12(11)29-17)20-13(23)7-21-15(24)9-2-1-3-10(22(26)27)14(9)16(21)25/h1-6H,7H2,(H,20,23). The van der Waals surface area contributed by atoms with Crippen molar-refractivity contribution in [3.05, 3.63) is 57.6 Å². The number of nitrogens with zero attached hydrogens (tertiary/aromatic N) is 2. The largest absolute Gasteiger partial charge is 0.586 e. The number of halogens is 2. The van der Waals surface area contributed by atoms with Gasteiger partial charge >= 0.3 is 6.29 Å². The first-order valence-corrected chi connectivity index (χ1v) is 7.99. The van der Waals surface area contributed by atoms with Crippen LogP contribution in [0.4, 0.5) is 20.2 Å². The number of fused-ring (bicyclic) bond motifs is 2. The zero-order valence-electron chi connectivity index (χ0n) is 14.2. The molecule has 1 N–H and O–H groups in total. The Kier molecular flexibility index (Phi) is 3.92. The molecule has 3 amide bonds. The van der Waals surface area contributed by atoms with E-state index in [4.69, 9.17) is 0 Å². The number of carbonyl (C=O) groups excluding carboxylic acids is 3. The Balaban J connectivity index is 1.50. The summed E-state index contributed by atoms with van der Waals surface area (Å²) in [4.78, 5) is 47.9. The van der Waals surface area contributed by atoms with E-state index in [1.165, 1.54) is 18.2 Å². The van der Waals surface area contributed by atoms with Crippen LogP contribution in [0.2, 0.25) is 0 Å². The number of anilines is 1. The normalized spacial score (nSPS) is 16.0. The Bertz CT molecular complexity index is 1100. The van der Waals surface area contributed by atoms with E-state index in [1.807, 2.05) is 0 Å². The SMILES string of the molecule is O=C(CN1C(=O)c2cccc([N+](=O)[O-])c2C1=O)Nc1ccc2c(c1)OC(F)(F)O2. The van der Waals surface area contributed by atoms with Gasteiger partial charge in [0, 0.05) is 17.8 Å². The van der Waals surface area contributed by atoms with Crippen LogP contribution in [0.15, 0.2) is 36.4 Å². The van der Waals surface area contributed by atoms with Crippen molar-refractivity contribution < 1.29 is 37.6 Å². The van der Waals surface area contributed by atoms with Crippen LogP contribution < -0.4 is 14.8 Å². The van der Waals surface area contributed by atoms with E-state index in [9.17, 15) is 33.3 Å². The predicted molar refractivity (Wildman–Crippen MR) is 89.7 cm³/mol. The van der Waals surface area contributed by atoms with E-state index in [0.717, 1.165) is 18.2 Å². The van der Waals surface area contributed by atoms with E-state index >= 15 is 0 Å². The van der Waals surface area contributed by atoms with Crippen LogP contribution in [-0.2, 0) is 4.79 Å². The number of nitro groups is 1. The molecule has 0 aromatic heterocycles. The summed E-state index contributed by atoms with van der Waals surface area (Å²) in [6.07, 6.45) is -3.82. The Morgan fingerprint density at radius 1 is 1.14 bits per heavy atom. The number of nitro benzene ring substituents is 1. The van der Waals surface area contributed by atoms with Gasteiger partial charge in [-0.25, -0.2) is 0 Å². The van der Waals surface area contributed by atoms with Gasteiger partial charge in [-0.05, 0) is 18.2 Å². The second-order valence-electron chi connectivity index (χ2n) is 6.03. The van der Waals surface area contributed by atoms with Crippen LogP contribution >= 0.6 is 0 Å². The molecule has 2 aromatic rings. The van der Waals surface area contributed by atoms with Gasteiger partial charge in [-0.15, -0.1) is 8.78 Å². The maximum Gasteiger partial charge on any atom is 0.586 e. The van der Waals surface area contributed by atoms with Crippen LogP contribution in [-0.4, -0.2) is 40.4 Å². The van der Waals surface area contributed by atoms with Gasteiger partial charge < -0.3 is 14.8 Å². The average molecular weight is 405 g/mol. The summed E-state index contributed by atoms with van der Waals surface area (Å²) in [6.45, 7) is -0.728. The van der Waals surface area contributed by atoms with Crippen molar-refractivity contribution in [2.45, 2.75) is 6.29 Å². The Morgan fingerprint density at radius 2 is 1.86 bits per heavy atom. The Hall–Kier alpha value is -4.09. The highest BCUT2D eigenvalue weighted by Crippen LogP contribution is 2.42. The average Bonchev–Trinajstić information content (AvgIpc) is 3.08. The molecule has 0 saturated carbocycles. The van der Waals surface area contributed by atoms with Gasteiger partial charge in [0.25, 0.3) is 17.5 Å². The molecular weight excluding hydrogens is 396 g/mol. The smallest absolute Gasteiger partial charge is 0.395 e. The highest BCUT2D eigenvalue weighted by molar-refractivity contribution is 6.24. The number of alkyl halides is 2. The molecule has 10 nitrogen and oxygen atoms in total. The van der Waals surface area contributed by atoms with Crippen molar-refractivity contribution in [3.8, 4) is 11.5 Å². The number of ether oxygens (including phenoxy) is 2. The number of nitrogens with one attached hydrogen (secondary N) is 1. The van der Waals surface area contributed by atoms with Gasteiger partial charge in [0.15, 0.2) is 11.5 Å². The minimum Gasteiger partial charge on any atom is -0.395 e. The quantitative estimate of drug-likeness (QED) is 0.469. The van der Waals surface area contributed by atoms with Crippen LogP contribution in [0.25, 0.3) is 0 Å². The molecule has 0 unspecified atom stereocenters. The first kappa shape index (κ1) is 18.3. The highest BCUT2D eigenvalue weighted by atomic mass is 19.3. The fourth-order valence-corrected chi connectivity index (χ4v) is 2.98. The number of hydrogen-bond donors (Lipinski definition) is 1. The summed E-state index contributed by atoms with van der Waals surface area (Å²) in [5.74, 6) is -3.18. The Morgan fingerprint density at radius 3 is 2.59 bits per heavy atom. The minimum atomic E-state index is -3.82. The monoisotopic (exact) mass is 405 g/mol. The van der Waals surface area contributed by atoms with Crippen LogP contribution in [0.5, 0.6) is 11.5 Å². The Labute approximate surface area is 159 Å². The van der Waals surface area contributed by atoms with Gasteiger partial charge in [0.1, 0.15) is 12.1 Å². The molecule has 0 radical (unpaired) electrons. The molecular formula is C17H9F2N3O7. The van der Waals surface area contributed by atoms with Gasteiger partial charge in [0.05, 0.1) is 10.5 Å². The maximum atomic E-state index is 13.0. The van der Waals surface area contributed by atoms with Crippen molar-refractivity contribution in [2.24, 2.45) is 0 Å². The lowest BCUT2D eigenvalue weighted by atomic mass is 10.1. The molecule has 0 aliphatic carbocycles. The number of hydrogen-bond acceptors (Lipinski definition) is 7. The molecule has 0 bridgehead atoms. The van der Waals surface area contributed by atoms with E-state index in [0.29, 0.717) is 4.90 Å². The lowest BCUT2D eigenvalue weighted by Crippen LogP contribution is -2.37. The molecule has 2 aliphatic rings. The minimum absolute atomic E-state index is 0.0534. The molecule has 0 spiro atoms. The maximum absolute atomic E-state index is 13.0. The first-order valence-electron chi connectivity index (χ1n) is 7.99. The zero-order valence-corrected chi connectivity index (χ0v) is 14.2. The topological polar surface area (TPSA) is 128 Å². The number of benzene rings is 2. The number of amides is 3. The lowest BCUT2D eigenvalue weighted by Gasteiger charge is -2.13. The molecule has 0 saturated heterocycles. The number of carbonyl (C=O) groups is 3. The zero-order chi connectivity index (χ0) is 20.9. The van der Waals surface area contributed by atoms with E-state index in [-0.39, 0.29) is 28.3 Å². The van der Waals surface area contributed by atoms with E-state index in [2.05, 4.69) is 14.8 Å². The fourth-order valence-electron chi connectivity index (χ4n) is 2.98. The van der Waals surface area contributed by atoms with Crippen molar-refractivity contribution in [3.63, 3.8) is 0 Å². The van der Waals surface area contributed by atoms with Crippen LogP contribution in [0, 0.1) is 10.1 Å². The summed E-state index contributed by atoms with van der Waals surface area (Å²) in [7, 11) is 0. The summed E-state index contributed by atoms with van der Waals surface area (Å²) < 4.78 is 34.6. The van der Waals surface area contributed by atoms with Gasteiger partial charge in [0.2, 0.25) is 5.91 Å². The highest BCUT2D eigenvalue weighted by Gasteiger charge is 2.44. The number of imide groups is 1. The van der Waals surface area contributed by atoms with Crippen molar-refractivity contribution in [2.75, 3.05) is 11.9 Å². The van der Waals surface area contributed by atoms with Crippen molar-refractivity contribution in [1.29, 1.82) is 0 Å². The molecule has 4 rings (SSSR count). The van der Waals surface area contributed by atoms with E-state index < -0.39 is 41.2 Å². The molecule has 12 heteroatoms. The van der Waals surface area contributed by atoms with Crippen molar-refractivity contribution >= 4 is 29.1 Å². The third-order valence-electron chi connectivity index (χ3n) is 4.16. The summed E-state index contributed by atoms with van der Waals surface area (Å²) >= 11 is 0. The van der Waals surface area contributed by atoms with E-state index in [1.54, 1.807) is 0 Å². The lowest BCUT2D eigenvalue weighted by molar-refractivity contribution is -0.385. The van der Waals surface area contributed by atoms with Gasteiger partial charge in [-0.3, -0.25) is 29.4 Å². The molecule has 2 aromatic carbocycles. The van der Waals surface area contributed by atoms with Crippen molar-refractivity contribution in [1.82, 2.24) is 4.90 Å². The van der Waals surface area contributed by atoms with Crippen LogP contribution in [0.1, 0.15) is 20.7 Å². The third-order valence-corrected chi connectivity index (χ3v) is 4.16. The summed E-state index contributed by atoms with van der Waals surface area (Å²) in [5.41, 5.74) is -1.05. The molecule has 0 atom stereocenters. The molecule has 0 fully saturated rings. The second-order valence-corrected chi connectivity index (χ2v) is 6.03. The summed E-state index contributed by atoms with van der Waals surface area (Å²) in [5, 5.41) is 13.4. The molecule has 148 valence electrons. The number of rotatable bonds is 4. The predicted octanol–water partition coefficient (Wildman–Crippen LogP) is 2.15. The molecule has 2 aliphatic heterocycles. The van der Waals surface area contributed by atoms with Crippen LogP contribution in [0.3, 0.4) is 0 Å². The fraction of sp³-hybridized carbons (Fsp3) is 0.118. The van der Waals surface area contributed by atoms with Gasteiger partial charge in [-0.1, -0.05) is 6.07 Å².